The van der Waals surface area contributed by atoms with Crippen molar-refractivity contribution in [3.05, 3.63) is 35.4 Å². The molecule has 24 heavy (non-hydrogen) atoms. The topological polar surface area (TPSA) is 50.8 Å². The highest BCUT2D eigenvalue weighted by Gasteiger charge is 2.31. The molecule has 5 heteroatoms. The summed E-state index contributed by atoms with van der Waals surface area (Å²) in [7, 11) is 0. The lowest BCUT2D eigenvalue weighted by Crippen LogP contribution is -2.52. The number of rotatable bonds is 6. The van der Waals surface area contributed by atoms with Crippen LogP contribution in [0.3, 0.4) is 0 Å². The molecule has 2 aliphatic rings. The van der Waals surface area contributed by atoms with E-state index in [4.69, 9.17) is 9.47 Å². The number of amides is 1. The summed E-state index contributed by atoms with van der Waals surface area (Å²) in [5, 5.41) is 3.14. The molecule has 0 spiro atoms. The first-order valence-electron chi connectivity index (χ1n) is 8.94. The van der Waals surface area contributed by atoms with Gasteiger partial charge in [-0.3, -0.25) is 9.69 Å². The van der Waals surface area contributed by atoms with Crippen LogP contribution in [0, 0.1) is 12.8 Å². The SMILES string of the molecule is Cc1ccc(CC(=O)NC[C@@H]([C@H]2CCOC2)N2CCOCC2)cc1. The number of ether oxygens (including phenoxy) is 2. The molecule has 2 atom stereocenters. The zero-order valence-electron chi connectivity index (χ0n) is 14.5. The van der Waals surface area contributed by atoms with E-state index in [1.807, 2.05) is 12.1 Å². The molecule has 2 heterocycles. The number of hydrogen-bond donors (Lipinski definition) is 1. The van der Waals surface area contributed by atoms with E-state index >= 15 is 0 Å². The van der Waals surface area contributed by atoms with Gasteiger partial charge in [-0.25, -0.2) is 0 Å². The quantitative estimate of drug-likeness (QED) is 0.855. The molecule has 0 unspecified atom stereocenters. The minimum absolute atomic E-state index is 0.0935. The average Bonchev–Trinajstić information content (AvgIpc) is 3.12. The standard InChI is InChI=1S/C19H28N2O3/c1-15-2-4-16(5-3-15)12-19(22)20-13-18(17-6-9-24-14-17)21-7-10-23-11-8-21/h2-5,17-18H,6-14H2,1H3,(H,20,22)/t17-,18-/m0/s1. The summed E-state index contributed by atoms with van der Waals surface area (Å²) in [6.45, 7) is 7.82. The minimum Gasteiger partial charge on any atom is -0.381 e. The number of hydrogen-bond acceptors (Lipinski definition) is 4. The van der Waals surface area contributed by atoms with Crippen molar-refractivity contribution in [1.82, 2.24) is 10.2 Å². The predicted octanol–water partition coefficient (Wildman–Crippen LogP) is 1.39. The number of nitrogens with one attached hydrogen (secondary N) is 1. The van der Waals surface area contributed by atoms with Gasteiger partial charge >= 0.3 is 0 Å². The average molecular weight is 332 g/mol. The second-order valence-electron chi connectivity index (χ2n) is 6.81. The molecule has 0 radical (unpaired) electrons. The normalized spacial score (nSPS) is 23.1. The summed E-state index contributed by atoms with van der Waals surface area (Å²) in [4.78, 5) is 14.8. The van der Waals surface area contributed by atoms with Gasteiger partial charge in [0.05, 0.1) is 26.2 Å². The van der Waals surface area contributed by atoms with Gasteiger partial charge in [0.25, 0.3) is 0 Å². The van der Waals surface area contributed by atoms with Gasteiger partial charge in [0.1, 0.15) is 0 Å². The Labute approximate surface area is 144 Å². The molecule has 2 aliphatic heterocycles. The van der Waals surface area contributed by atoms with Crippen LogP contribution < -0.4 is 5.32 Å². The maximum atomic E-state index is 12.3. The Kier molecular flexibility index (Phi) is 6.24. The third-order valence-corrected chi connectivity index (χ3v) is 5.02. The van der Waals surface area contributed by atoms with Gasteiger partial charge in [0, 0.05) is 38.2 Å². The fraction of sp³-hybridized carbons (Fsp3) is 0.632. The molecule has 1 aromatic carbocycles. The van der Waals surface area contributed by atoms with Crippen LogP contribution in [0.2, 0.25) is 0 Å². The van der Waals surface area contributed by atoms with Crippen LogP contribution in [0.15, 0.2) is 24.3 Å². The molecular formula is C19H28N2O3. The second-order valence-corrected chi connectivity index (χ2v) is 6.81. The fourth-order valence-corrected chi connectivity index (χ4v) is 3.53. The molecule has 2 saturated heterocycles. The van der Waals surface area contributed by atoms with E-state index < -0.39 is 0 Å². The van der Waals surface area contributed by atoms with Crippen LogP contribution in [-0.2, 0) is 20.7 Å². The molecule has 5 nitrogen and oxygen atoms in total. The fourth-order valence-electron chi connectivity index (χ4n) is 3.53. The highest BCUT2D eigenvalue weighted by molar-refractivity contribution is 5.78. The Balaban J connectivity index is 1.53. The molecular weight excluding hydrogens is 304 g/mol. The summed E-state index contributed by atoms with van der Waals surface area (Å²) < 4.78 is 11.0. The van der Waals surface area contributed by atoms with E-state index in [0.717, 1.165) is 51.5 Å². The van der Waals surface area contributed by atoms with Gasteiger partial charge in [0.2, 0.25) is 5.91 Å². The molecule has 0 saturated carbocycles. The van der Waals surface area contributed by atoms with E-state index in [9.17, 15) is 4.79 Å². The monoisotopic (exact) mass is 332 g/mol. The summed E-state index contributed by atoms with van der Waals surface area (Å²) in [5.74, 6) is 0.596. The van der Waals surface area contributed by atoms with Crippen molar-refractivity contribution in [2.75, 3.05) is 46.1 Å². The lowest BCUT2D eigenvalue weighted by Gasteiger charge is -2.37. The summed E-state index contributed by atoms with van der Waals surface area (Å²) in [6, 6.07) is 8.50. The largest absolute Gasteiger partial charge is 0.381 e. The molecule has 0 aliphatic carbocycles. The molecule has 3 rings (SSSR count). The molecule has 132 valence electrons. The number of carbonyl (C=O) groups excluding carboxylic acids is 1. The lowest BCUT2D eigenvalue weighted by atomic mass is 9.96. The van der Waals surface area contributed by atoms with Crippen LogP contribution in [-0.4, -0.2) is 62.9 Å². The molecule has 1 aromatic rings. The zero-order chi connectivity index (χ0) is 16.8. The van der Waals surface area contributed by atoms with E-state index in [2.05, 4.69) is 29.3 Å². The second kappa shape index (κ2) is 8.60. The zero-order valence-corrected chi connectivity index (χ0v) is 14.5. The third kappa shape index (κ3) is 4.79. The Morgan fingerprint density at radius 1 is 1.21 bits per heavy atom. The van der Waals surface area contributed by atoms with E-state index in [1.54, 1.807) is 0 Å². The highest BCUT2D eigenvalue weighted by Crippen LogP contribution is 2.21. The maximum Gasteiger partial charge on any atom is 0.224 e. The number of morpholine rings is 1. The van der Waals surface area contributed by atoms with Crippen LogP contribution in [0.1, 0.15) is 17.5 Å². The maximum absolute atomic E-state index is 12.3. The first-order chi connectivity index (χ1) is 11.7. The van der Waals surface area contributed by atoms with Gasteiger partial charge in [-0.1, -0.05) is 29.8 Å². The van der Waals surface area contributed by atoms with E-state index in [1.165, 1.54) is 5.56 Å². The van der Waals surface area contributed by atoms with Crippen molar-refractivity contribution in [3.63, 3.8) is 0 Å². The van der Waals surface area contributed by atoms with Crippen LogP contribution in [0.5, 0.6) is 0 Å². The van der Waals surface area contributed by atoms with Crippen LogP contribution in [0.4, 0.5) is 0 Å². The molecule has 2 fully saturated rings. The Bertz CT molecular complexity index is 520. The number of benzene rings is 1. The van der Waals surface area contributed by atoms with Crippen LogP contribution in [0.25, 0.3) is 0 Å². The molecule has 0 aromatic heterocycles. The van der Waals surface area contributed by atoms with Gasteiger partial charge in [-0.05, 0) is 18.9 Å². The highest BCUT2D eigenvalue weighted by atomic mass is 16.5. The van der Waals surface area contributed by atoms with E-state index in [-0.39, 0.29) is 5.91 Å². The summed E-state index contributed by atoms with van der Waals surface area (Å²) in [5.41, 5.74) is 2.28. The lowest BCUT2D eigenvalue weighted by molar-refractivity contribution is -0.120. The smallest absolute Gasteiger partial charge is 0.224 e. The van der Waals surface area contributed by atoms with Gasteiger partial charge in [-0.2, -0.15) is 0 Å². The summed E-state index contributed by atoms with van der Waals surface area (Å²) in [6.07, 6.45) is 1.52. The van der Waals surface area contributed by atoms with Crippen molar-refractivity contribution in [1.29, 1.82) is 0 Å². The van der Waals surface area contributed by atoms with Crippen LogP contribution >= 0.6 is 0 Å². The molecule has 0 bridgehead atoms. The Morgan fingerprint density at radius 3 is 2.62 bits per heavy atom. The first kappa shape index (κ1) is 17.4. The van der Waals surface area contributed by atoms with Gasteiger partial charge in [0.15, 0.2) is 0 Å². The van der Waals surface area contributed by atoms with Crippen molar-refractivity contribution in [2.45, 2.75) is 25.8 Å². The van der Waals surface area contributed by atoms with Crippen molar-refractivity contribution >= 4 is 5.91 Å². The molecule has 1 amide bonds. The minimum atomic E-state index is 0.0935. The number of carbonyl (C=O) groups is 1. The van der Waals surface area contributed by atoms with Crippen molar-refractivity contribution in [2.24, 2.45) is 5.92 Å². The predicted molar refractivity (Wildman–Crippen MR) is 93.0 cm³/mol. The third-order valence-electron chi connectivity index (χ3n) is 5.02. The van der Waals surface area contributed by atoms with Gasteiger partial charge in [-0.15, -0.1) is 0 Å². The number of nitrogens with zero attached hydrogens (tertiary/aromatic N) is 1. The van der Waals surface area contributed by atoms with Gasteiger partial charge < -0.3 is 14.8 Å². The summed E-state index contributed by atoms with van der Waals surface area (Å²) >= 11 is 0. The van der Waals surface area contributed by atoms with E-state index in [0.29, 0.717) is 24.9 Å². The van der Waals surface area contributed by atoms with Crippen molar-refractivity contribution < 1.29 is 14.3 Å². The Morgan fingerprint density at radius 2 is 1.96 bits per heavy atom. The van der Waals surface area contributed by atoms with Crippen molar-refractivity contribution in [3.8, 4) is 0 Å². The Hall–Kier alpha value is -1.43. The first-order valence-corrected chi connectivity index (χ1v) is 8.94. The number of aryl methyl sites for hydroxylation is 1. The molecule has 1 N–H and O–H groups in total.